The van der Waals surface area contributed by atoms with E-state index in [4.69, 9.17) is 14.7 Å². The maximum absolute atomic E-state index is 8.87. The first-order chi connectivity index (χ1) is 8.06. The quantitative estimate of drug-likeness (QED) is 0.821. The minimum absolute atomic E-state index is 0.273. The van der Waals surface area contributed by atoms with E-state index >= 15 is 0 Å². The Kier molecular flexibility index (Phi) is 5.24. The zero-order valence-electron chi connectivity index (χ0n) is 10.5. The molecule has 0 amide bonds. The summed E-state index contributed by atoms with van der Waals surface area (Å²) in [4.78, 5) is 0. The Labute approximate surface area is 110 Å². The summed E-state index contributed by atoms with van der Waals surface area (Å²) >= 11 is 3.44. The Morgan fingerprint density at radius 2 is 1.88 bits per heavy atom. The van der Waals surface area contributed by atoms with Crippen molar-refractivity contribution in [1.29, 1.82) is 0 Å². The van der Waals surface area contributed by atoms with Crippen LogP contribution in [0.4, 0.5) is 0 Å². The number of rotatable bonds is 5. The van der Waals surface area contributed by atoms with Crippen LogP contribution in [0.2, 0.25) is 0 Å². The predicted octanol–water partition coefficient (Wildman–Crippen LogP) is 3.07. The van der Waals surface area contributed by atoms with Gasteiger partial charge in [-0.2, -0.15) is 0 Å². The molecule has 0 radical (unpaired) electrons. The van der Waals surface area contributed by atoms with E-state index in [9.17, 15) is 0 Å². The number of benzene rings is 1. The summed E-state index contributed by atoms with van der Waals surface area (Å²) in [6, 6.07) is 1.93. The topological polar surface area (TPSA) is 50.7 Å². The summed E-state index contributed by atoms with van der Waals surface area (Å²) in [6.45, 7) is 4.52. The molecule has 96 valence electrons. The van der Waals surface area contributed by atoms with Gasteiger partial charge in [-0.3, -0.25) is 0 Å². The molecule has 0 heterocycles. The van der Waals surface area contributed by atoms with E-state index in [1.54, 1.807) is 14.2 Å². The van der Waals surface area contributed by atoms with Gasteiger partial charge in [0.1, 0.15) is 0 Å². The largest absolute Gasteiger partial charge is 0.493 e. The van der Waals surface area contributed by atoms with Gasteiger partial charge in [-0.05, 0) is 33.5 Å². The van der Waals surface area contributed by atoms with Gasteiger partial charge in [0.15, 0.2) is 11.5 Å². The summed E-state index contributed by atoms with van der Waals surface area (Å²) in [5, 5.41) is 8.87. The third-order valence-corrected chi connectivity index (χ3v) is 3.16. The van der Waals surface area contributed by atoms with Crippen LogP contribution in [0.5, 0.6) is 11.5 Å². The fourth-order valence-corrected chi connectivity index (χ4v) is 2.55. The van der Waals surface area contributed by atoms with Crippen LogP contribution in [0, 0.1) is 0 Å². The summed E-state index contributed by atoms with van der Waals surface area (Å²) in [6.07, 6.45) is 0. The van der Waals surface area contributed by atoms with E-state index in [1.807, 2.05) is 6.07 Å². The molecule has 0 unspecified atom stereocenters. The number of hydrogen-bond donors (Lipinski definition) is 2. The number of hydroxylamine groups is 1. The van der Waals surface area contributed by atoms with Gasteiger partial charge < -0.3 is 14.7 Å². The van der Waals surface area contributed by atoms with E-state index in [-0.39, 0.29) is 5.92 Å². The van der Waals surface area contributed by atoms with Gasteiger partial charge >= 0.3 is 0 Å². The van der Waals surface area contributed by atoms with E-state index in [1.165, 1.54) is 0 Å². The third-order valence-electron chi connectivity index (χ3n) is 2.57. The van der Waals surface area contributed by atoms with Crippen molar-refractivity contribution < 1.29 is 14.7 Å². The first kappa shape index (κ1) is 14.3. The molecule has 2 N–H and O–H groups in total. The van der Waals surface area contributed by atoms with Crippen molar-refractivity contribution in [1.82, 2.24) is 5.48 Å². The highest BCUT2D eigenvalue weighted by Crippen LogP contribution is 2.43. The fraction of sp³-hybridized carbons (Fsp3) is 0.500. The van der Waals surface area contributed by atoms with Crippen LogP contribution < -0.4 is 15.0 Å². The highest BCUT2D eigenvalue weighted by molar-refractivity contribution is 9.10. The molecule has 1 aromatic rings. The fourth-order valence-electron chi connectivity index (χ4n) is 1.93. The molecule has 17 heavy (non-hydrogen) atoms. The van der Waals surface area contributed by atoms with Crippen LogP contribution in [-0.2, 0) is 6.54 Å². The van der Waals surface area contributed by atoms with Gasteiger partial charge in [-0.25, -0.2) is 5.48 Å². The van der Waals surface area contributed by atoms with Crippen LogP contribution in [-0.4, -0.2) is 19.4 Å². The lowest BCUT2D eigenvalue weighted by atomic mass is 9.95. The van der Waals surface area contributed by atoms with Crippen LogP contribution in [0.25, 0.3) is 0 Å². The first-order valence-electron chi connectivity index (χ1n) is 5.37. The highest BCUT2D eigenvalue weighted by atomic mass is 79.9. The molecule has 0 aliphatic heterocycles. The number of nitrogens with one attached hydrogen (secondary N) is 1. The second-order valence-electron chi connectivity index (χ2n) is 3.99. The smallest absolute Gasteiger partial charge is 0.175 e. The molecular weight excluding hydrogens is 286 g/mol. The van der Waals surface area contributed by atoms with Crippen molar-refractivity contribution in [2.75, 3.05) is 14.2 Å². The van der Waals surface area contributed by atoms with Gasteiger partial charge in [0, 0.05) is 12.1 Å². The van der Waals surface area contributed by atoms with Gasteiger partial charge in [0.05, 0.1) is 18.7 Å². The molecule has 0 bridgehead atoms. The van der Waals surface area contributed by atoms with E-state index in [2.05, 4.69) is 35.3 Å². The molecule has 1 rings (SSSR count). The van der Waals surface area contributed by atoms with Crippen molar-refractivity contribution in [2.45, 2.75) is 26.3 Å². The molecule has 1 aromatic carbocycles. The molecule has 0 saturated carbocycles. The molecule has 5 heteroatoms. The highest BCUT2D eigenvalue weighted by Gasteiger charge is 2.20. The van der Waals surface area contributed by atoms with Crippen LogP contribution >= 0.6 is 15.9 Å². The van der Waals surface area contributed by atoms with Crippen molar-refractivity contribution >= 4 is 15.9 Å². The molecule has 4 nitrogen and oxygen atoms in total. The number of hydrogen-bond acceptors (Lipinski definition) is 4. The van der Waals surface area contributed by atoms with Crippen molar-refractivity contribution in [3.05, 3.63) is 21.7 Å². The third kappa shape index (κ3) is 2.91. The number of methoxy groups -OCH3 is 2. The van der Waals surface area contributed by atoms with Gasteiger partial charge in [-0.15, -0.1) is 0 Å². The standard InChI is InChI=1S/C12H18BrNO3/c1-7(2)10-8(6-14-15)5-9(13)11(16-3)12(10)17-4/h5,7,14-15H,6H2,1-4H3. The maximum atomic E-state index is 8.87. The van der Waals surface area contributed by atoms with E-state index < -0.39 is 0 Å². The number of ether oxygens (including phenoxy) is 2. The molecule has 0 fully saturated rings. The lowest BCUT2D eigenvalue weighted by Gasteiger charge is -2.20. The molecular formula is C12H18BrNO3. The molecule has 0 aliphatic carbocycles. The van der Waals surface area contributed by atoms with Crippen molar-refractivity contribution in [2.24, 2.45) is 0 Å². The van der Waals surface area contributed by atoms with E-state index in [0.717, 1.165) is 15.6 Å². The zero-order chi connectivity index (χ0) is 13.0. The maximum Gasteiger partial charge on any atom is 0.175 e. The minimum atomic E-state index is 0.273. The Bertz CT molecular complexity index is 394. The molecule has 0 spiro atoms. The zero-order valence-corrected chi connectivity index (χ0v) is 12.1. The second-order valence-corrected chi connectivity index (χ2v) is 4.84. The van der Waals surface area contributed by atoms with Crippen LogP contribution in [0.3, 0.4) is 0 Å². The Morgan fingerprint density at radius 3 is 2.29 bits per heavy atom. The normalized spacial score (nSPS) is 10.8. The monoisotopic (exact) mass is 303 g/mol. The predicted molar refractivity (Wildman–Crippen MR) is 70.0 cm³/mol. The Morgan fingerprint density at radius 1 is 1.29 bits per heavy atom. The lowest BCUT2D eigenvalue weighted by Crippen LogP contribution is -2.11. The molecule has 0 aliphatic rings. The summed E-state index contributed by atoms with van der Waals surface area (Å²) in [7, 11) is 3.23. The van der Waals surface area contributed by atoms with Crippen molar-refractivity contribution in [3.63, 3.8) is 0 Å². The lowest BCUT2D eigenvalue weighted by molar-refractivity contribution is 0.160. The molecule has 0 atom stereocenters. The summed E-state index contributed by atoms with van der Waals surface area (Å²) in [5.41, 5.74) is 4.19. The van der Waals surface area contributed by atoms with Crippen LogP contribution in [0.1, 0.15) is 30.9 Å². The van der Waals surface area contributed by atoms with Crippen molar-refractivity contribution in [3.8, 4) is 11.5 Å². The summed E-state index contributed by atoms with van der Waals surface area (Å²) in [5.74, 6) is 1.66. The minimum Gasteiger partial charge on any atom is -0.493 e. The average molecular weight is 304 g/mol. The average Bonchev–Trinajstić information content (AvgIpc) is 2.27. The van der Waals surface area contributed by atoms with E-state index in [0.29, 0.717) is 18.0 Å². The Hall–Kier alpha value is -0.780. The molecule has 0 aromatic heterocycles. The second kappa shape index (κ2) is 6.23. The SMILES string of the molecule is COc1c(Br)cc(CNO)c(C(C)C)c1OC. The van der Waals surface area contributed by atoms with Gasteiger partial charge in [0.2, 0.25) is 0 Å². The first-order valence-corrected chi connectivity index (χ1v) is 6.16. The molecule has 0 saturated heterocycles. The summed E-state index contributed by atoms with van der Waals surface area (Å²) < 4.78 is 11.6. The van der Waals surface area contributed by atoms with Crippen LogP contribution in [0.15, 0.2) is 10.5 Å². The van der Waals surface area contributed by atoms with Gasteiger partial charge in [-0.1, -0.05) is 13.8 Å². The number of halogens is 1. The van der Waals surface area contributed by atoms with Gasteiger partial charge in [0.25, 0.3) is 0 Å². The Balaban J connectivity index is 3.47.